The van der Waals surface area contributed by atoms with Crippen LogP contribution < -0.4 is 5.01 Å². The first-order valence-corrected chi connectivity index (χ1v) is 14.6. The predicted octanol–water partition coefficient (Wildman–Crippen LogP) is 5.02. The lowest BCUT2D eigenvalue weighted by Gasteiger charge is -2.12. The van der Waals surface area contributed by atoms with Crippen LogP contribution in [0.5, 0.6) is 0 Å². The number of benzene rings is 3. The van der Waals surface area contributed by atoms with Gasteiger partial charge in [0, 0.05) is 49.4 Å². The molecule has 0 N–H and O–H groups in total. The third kappa shape index (κ3) is 5.05. The van der Waals surface area contributed by atoms with Crippen molar-refractivity contribution in [3.05, 3.63) is 132 Å². The van der Waals surface area contributed by atoms with E-state index in [-0.39, 0.29) is 10.8 Å². The number of pyridine rings is 1. The van der Waals surface area contributed by atoms with Gasteiger partial charge in [-0.25, -0.2) is 17.4 Å². The summed E-state index contributed by atoms with van der Waals surface area (Å²) in [5.74, 6) is -0.303. The van der Waals surface area contributed by atoms with Gasteiger partial charge in [-0.3, -0.25) is 9.78 Å². The quantitative estimate of drug-likeness (QED) is 0.254. The van der Waals surface area contributed by atoms with Crippen molar-refractivity contribution >= 4 is 33.4 Å². The first kappa shape index (κ1) is 27.0. The maximum atomic E-state index is 13.9. The van der Waals surface area contributed by atoms with E-state index in [0.717, 1.165) is 5.69 Å². The van der Waals surface area contributed by atoms with Crippen molar-refractivity contribution in [2.75, 3.05) is 19.1 Å². The molecule has 10 heteroatoms. The predicted molar refractivity (Wildman–Crippen MR) is 163 cm³/mol. The Labute approximate surface area is 243 Å². The number of nitrogens with zero attached hydrogens (tertiary/aromatic N) is 6. The summed E-state index contributed by atoms with van der Waals surface area (Å²) in [4.78, 5) is 18.3. The fourth-order valence-electron chi connectivity index (χ4n) is 4.61. The minimum absolute atomic E-state index is 0.141. The molecule has 0 aliphatic carbocycles. The fourth-order valence-corrected chi connectivity index (χ4v) is 5.55. The average Bonchev–Trinajstić information content (AvgIpc) is 3.60. The Morgan fingerprint density at radius 1 is 0.810 bits per heavy atom. The average molecular weight is 575 g/mol. The molecule has 0 saturated heterocycles. The van der Waals surface area contributed by atoms with Crippen molar-refractivity contribution in [1.29, 1.82) is 0 Å². The molecule has 0 fully saturated rings. The Morgan fingerprint density at radius 2 is 1.50 bits per heavy atom. The maximum Gasteiger partial charge on any atom is 0.281 e. The van der Waals surface area contributed by atoms with Crippen LogP contribution in [0.25, 0.3) is 23.0 Å². The van der Waals surface area contributed by atoms with Gasteiger partial charge < -0.3 is 0 Å². The number of hydrazone groups is 1. The molecule has 1 amide bonds. The molecule has 208 valence electrons. The van der Waals surface area contributed by atoms with Crippen molar-refractivity contribution in [2.45, 2.75) is 4.90 Å². The molecule has 3 aromatic carbocycles. The smallest absolute Gasteiger partial charge is 0.267 e. The van der Waals surface area contributed by atoms with Crippen LogP contribution in [0, 0.1) is 0 Å². The zero-order chi connectivity index (χ0) is 29.3. The second-order valence-electron chi connectivity index (χ2n) is 9.73. The molecule has 0 unspecified atom stereocenters. The Kier molecular flexibility index (Phi) is 7.07. The molecule has 0 bridgehead atoms. The highest BCUT2D eigenvalue weighted by molar-refractivity contribution is 7.89. The van der Waals surface area contributed by atoms with Gasteiger partial charge in [0.1, 0.15) is 11.4 Å². The Balaban J connectivity index is 1.54. The van der Waals surface area contributed by atoms with E-state index in [2.05, 4.69) is 4.98 Å². The Bertz CT molecular complexity index is 1930. The van der Waals surface area contributed by atoms with Gasteiger partial charge >= 0.3 is 0 Å². The summed E-state index contributed by atoms with van der Waals surface area (Å²) in [5.41, 5.74) is 4.68. The van der Waals surface area contributed by atoms with Gasteiger partial charge in [-0.05, 0) is 54.6 Å². The first-order valence-electron chi connectivity index (χ1n) is 13.1. The molecule has 0 saturated carbocycles. The van der Waals surface area contributed by atoms with E-state index < -0.39 is 10.0 Å². The molecule has 0 spiro atoms. The number of aromatic nitrogens is 3. The van der Waals surface area contributed by atoms with Gasteiger partial charge in [-0.15, -0.1) is 0 Å². The summed E-state index contributed by atoms with van der Waals surface area (Å²) in [7, 11) is -0.700. The largest absolute Gasteiger partial charge is 0.281 e. The van der Waals surface area contributed by atoms with E-state index in [1.165, 1.54) is 23.4 Å². The molecule has 3 heterocycles. The van der Waals surface area contributed by atoms with Crippen molar-refractivity contribution in [3.8, 4) is 16.9 Å². The van der Waals surface area contributed by atoms with Gasteiger partial charge in [0.05, 0.1) is 21.8 Å². The second kappa shape index (κ2) is 11.0. The third-order valence-corrected chi connectivity index (χ3v) is 8.57. The SMILES string of the molecule is CN(C)S(=O)(=O)c1cccc(-c2nn(-c3ccccc3)cc2/C=C2\C(=O)N(c3ccccc3)N=C2c2cccnc2)c1. The molecule has 1 aliphatic heterocycles. The summed E-state index contributed by atoms with van der Waals surface area (Å²) in [6.07, 6.45) is 6.91. The van der Waals surface area contributed by atoms with Crippen LogP contribution in [0.4, 0.5) is 5.69 Å². The number of carbonyl (C=O) groups is 1. The number of hydrogen-bond donors (Lipinski definition) is 0. The molecule has 6 rings (SSSR count). The molecule has 42 heavy (non-hydrogen) atoms. The fraction of sp³-hybridized carbons (Fsp3) is 0.0625. The highest BCUT2D eigenvalue weighted by Crippen LogP contribution is 2.32. The number of sulfonamides is 1. The summed E-state index contributed by atoms with van der Waals surface area (Å²) < 4.78 is 28.8. The number of para-hydroxylation sites is 2. The number of anilines is 1. The lowest BCUT2D eigenvalue weighted by atomic mass is 10.00. The maximum absolute atomic E-state index is 13.9. The normalized spacial score (nSPS) is 14.5. The van der Waals surface area contributed by atoms with Crippen molar-refractivity contribution < 1.29 is 13.2 Å². The lowest BCUT2D eigenvalue weighted by Crippen LogP contribution is -2.22. The van der Waals surface area contributed by atoms with E-state index >= 15 is 0 Å². The topological polar surface area (TPSA) is 101 Å². The van der Waals surface area contributed by atoms with Crippen LogP contribution in [0.3, 0.4) is 0 Å². The summed E-state index contributed by atoms with van der Waals surface area (Å²) in [5, 5.41) is 10.9. The van der Waals surface area contributed by atoms with Crippen LogP contribution in [-0.2, 0) is 14.8 Å². The van der Waals surface area contributed by atoms with Gasteiger partial charge in [0.2, 0.25) is 10.0 Å². The van der Waals surface area contributed by atoms with Crippen LogP contribution in [0.15, 0.2) is 131 Å². The van der Waals surface area contributed by atoms with Crippen molar-refractivity contribution in [3.63, 3.8) is 0 Å². The van der Waals surface area contributed by atoms with E-state index in [9.17, 15) is 13.2 Å². The Hall–Kier alpha value is -5.19. The molecule has 0 atom stereocenters. The summed E-state index contributed by atoms with van der Waals surface area (Å²) >= 11 is 0. The molecular weight excluding hydrogens is 548 g/mol. The van der Waals surface area contributed by atoms with E-state index in [1.54, 1.807) is 53.5 Å². The monoisotopic (exact) mass is 574 g/mol. The zero-order valence-corrected chi connectivity index (χ0v) is 23.7. The highest BCUT2D eigenvalue weighted by Gasteiger charge is 2.33. The minimum Gasteiger partial charge on any atom is -0.267 e. The third-order valence-electron chi connectivity index (χ3n) is 6.76. The zero-order valence-electron chi connectivity index (χ0n) is 22.9. The van der Waals surface area contributed by atoms with Crippen LogP contribution in [0.1, 0.15) is 11.1 Å². The van der Waals surface area contributed by atoms with Crippen molar-refractivity contribution in [2.24, 2.45) is 5.10 Å². The second-order valence-corrected chi connectivity index (χ2v) is 11.9. The van der Waals surface area contributed by atoms with Crippen LogP contribution in [-0.4, -0.2) is 53.2 Å². The van der Waals surface area contributed by atoms with Crippen molar-refractivity contribution in [1.82, 2.24) is 19.1 Å². The summed E-state index contributed by atoms with van der Waals surface area (Å²) in [6.45, 7) is 0. The van der Waals surface area contributed by atoms with Gasteiger partial charge in [-0.1, -0.05) is 48.5 Å². The highest BCUT2D eigenvalue weighted by atomic mass is 32.2. The lowest BCUT2D eigenvalue weighted by molar-refractivity contribution is -0.114. The number of rotatable bonds is 7. The van der Waals surface area contributed by atoms with E-state index in [0.29, 0.717) is 39.4 Å². The minimum atomic E-state index is -3.68. The summed E-state index contributed by atoms with van der Waals surface area (Å²) in [6, 6.07) is 29.1. The molecule has 1 aliphatic rings. The van der Waals surface area contributed by atoms with E-state index in [4.69, 9.17) is 10.2 Å². The standard InChI is InChI=1S/C32H26N6O3S/c1-36(2)42(40,41)28-17-9-11-23(19-28)30-25(22-37(34-30)26-13-5-3-6-14-26)20-29-31(24-12-10-18-33-21-24)35-38(32(29)39)27-15-7-4-8-16-27/h3-22H,1-2H3/b29-20-. The van der Waals surface area contributed by atoms with Crippen LogP contribution in [0.2, 0.25) is 0 Å². The molecule has 5 aromatic rings. The molecular formula is C32H26N6O3S. The first-order chi connectivity index (χ1) is 20.3. The van der Waals surface area contributed by atoms with E-state index in [1.807, 2.05) is 72.9 Å². The van der Waals surface area contributed by atoms with Gasteiger partial charge in [0.25, 0.3) is 5.91 Å². The molecule has 9 nitrogen and oxygen atoms in total. The van der Waals surface area contributed by atoms with Crippen LogP contribution >= 0.6 is 0 Å². The Morgan fingerprint density at radius 3 is 2.17 bits per heavy atom. The number of hydrogen-bond acceptors (Lipinski definition) is 6. The number of amides is 1. The number of carbonyl (C=O) groups excluding carboxylic acids is 1. The van der Waals surface area contributed by atoms with Gasteiger partial charge in [-0.2, -0.15) is 15.2 Å². The molecule has 2 aromatic heterocycles. The van der Waals surface area contributed by atoms with Gasteiger partial charge in [0.15, 0.2) is 0 Å². The molecule has 0 radical (unpaired) electrons.